The van der Waals surface area contributed by atoms with Crippen molar-refractivity contribution in [1.82, 2.24) is 10.6 Å². The number of nitro groups is 1. The molecule has 0 radical (unpaired) electrons. The summed E-state index contributed by atoms with van der Waals surface area (Å²) in [5, 5.41) is 32.9. The Bertz CT molecular complexity index is 2400. The quantitative estimate of drug-likeness (QED) is 0.0137. The lowest BCUT2D eigenvalue weighted by Gasteiger charge is -2.29. The topological polar surface area (TPSA) is 369 Å². The molecule has 25 nitrogen and oxygen atoms in total. The zero-order chi connectivity index (χ0) is 66.0. The van der Waals surface area contributed by atoms with Gasteiger partial charge in [-0.05, 0) is 195 Å². The van der Waals surface area contributed by atoms with Crippen molar-refractivity contribution in [3.8, 4) is 0 Å². The Morgan fingerprint density at radius 3 is 1.14 bits per heavy atom. The number of halogens is 2. The number of aliphatic carboxylic acids is 2. The number of nitro benzene ring substituents is 1. The van der Waals surface area contributed by atoms with E-state index in [0.29, 0.717) is 0 Å². The van der Waals surface area contributed by atoms with Crippen molar-refractivity contribution < 1.29 is 103 Å². The minimum Gasteiger partial charge on any atom is -0.481 e. The lowest BCUT2D eigenvalue weighted by Crippen LogP contribution is -2.47. The van der Waals surface area contributed by atoms with Crippen LogP contribution in [0.15, 0.2) is 29.2 Å². The van der Waals surface area contributed by atoms with E-state index in [0.717, 1.165) is 24.3 Å². The van der Waals surface area contributed by atoms with Gasteiger partial charge in [0.25, 0.3) is 15.8 Å². The number of nitrogens with one attached hydrogen (secondary N) is 2. The normalized spacial score (nSPS) is 14.3. The van der Waals surface area contributed by atoms with Crippen LogP contribution in [0.2, 0.25) is 0 Å². The molecule has 84 heavy (non-hydrogen) atoms. The van der Waals surface area contributed by atoms with Crippen LogP contribution in [0.4, 0.5) is 24.1 Å². The summed E-state index contributed by atoms with van der Waals surface area (Å²) in [6.45, 7) is 28.8. The van der Waals surface area contributed by atoms with Crippen LogP contribution in [0.1, 0.15) is 182 Å². The molecule has 0 unspecified atom stereocenters. The molecule has 0 aliphatic heterocycles. The number of carboxylic acid groups (broad SMARTS) is 2. The lowest BCUT2D eigenvalue weighted by atomic mass is 9.94. The molecule has 6 N–H and O–H groups in total. The minimum atomic E-state index is -4.23. The van der Waals surface area contributed by atoms with Gasteiger partial charge in [0, 0.05) is 12.1 Å². The fourth-order valence-corrected chi connectivity index (χ4v) is 7.72. The van der Waals surface area contributed by atoms with Gasteiger partial charge in [-0.15, -0.1) is 0 Å². The first kappa shape index (κ1) is 79.8. The number of carboxylic acids is 2. The molecule has 0 heterocycles. The van der Waals surface area contributed by atoms with E-state index in [1.807, 2.05) is 0 Å². The highest BCUT2D eigenvalue weighted by Gasteiger charge is 2.37. The summed E-state index contributed by atoms with van der Waals surface area (Å²) in [6.07, 6.45) is -1.49. The van der Waals surface area contributed by atoms with Crippen LogP contribution >= 0.6 is 0 Å². The van der Waals surface area contributed by atoms with Crippen molar-refractivity contribution in [2.75, 3.05) is 20.0 Å². The number of amides is 2. The number of non-ortho nitro benzene ring substituents is 1. The first-order valence-electron chi connectivity index (χ1n) is 27.3. The van der Waals surface area contributed by atoms with Gasteiger partial charge >= 0.3 is 48.0 Å². The van der Waals surface area contributed by atoms with E-state index in [-0.39, 0.29) is 75.0 Å². The molecule has 1 rings (SSSR count). The predicted octanol–water partition coefficient (Wildman–Crippen LogP) is 9.22. The van der Waals surface area contributed by atoms with Gasteiger partial charge in [-0.1, -0.05) is 0 Å². The average Bonchev–Trinajstić information content (AvgIpc) is 3.28. The number of hydrogen-bond donors (Lipinski definition) is 5. The molecule has 0 spiro atoms. The van der Waals surface area contributed by atoms with Gasteiger partial charge in [-0.25, -0.2) is 19.2 Å². The zero-order valence-corrected chi connectivity index (χ0v) is 52.9. The summed E-state index contributed by atoms with van der Waals surface area (Å²) >= 11 is 0. The standard InChI is InChI=1S/C27H42N2O11S.C21H38FNO6.C8H14FNO4/c1-25(2,3)38-22(30)18(11-10-16-37-41(35,36)20-14-12-19(13-15-20)29(33)34)17-21(23(31)39-26(4,5)6)28-24(32)40-27(7,8)9;1-19(2,3)27-16(24)14(11-10-12-22)13-15(17(25)28-20(4,5)6)23-18(26)29-21(7,8)9;9-3-1-2-5(7(11)12)4-6(10)8(13)14/h12-15,18,21H,10-11,16-17H2,1-9H3,(H,28,32);14-15H,10-13H2,1-9H3,(H,23,26);5-6H,1-4,10H2,(H,11,12)(H,13,14)/t18-,21-;14-,15-;5-,6-/m000/s1/i;22-1;9-1. The van der Waals surface area contributed by atoms with Crippen molar-refractivity contribution >= 4 is 63.8 Å². The largest absolute Gasteiger partial charge is 0.481 e. The molecule has 0 aromatic heterocycles. The molecule has 0 fully saturated rings. The Morgan fingerprint density at radius 1 is 0.524 bits per heavy atom. The Kier molecular flexibility index (Phi) is 33.5. The predicted molar refractivity (Wildman–Crippen MR) is 303 cm³/mol. The summed E-state index contributed by atoms with van der Waals surface area (Å²) in [4.78, 5) is 107. The molecule has 6 atom stereocenters. The summed E-state index contributed by atoms with van der Waals surface area (Å²) in [7, 11) is -4.23. The number of hydrogen-bond acceptors (Lipinski definition) is 20. The molecule has 1 aromatic rings. The monoisotopic (exact) mass is 1230 g/mol. The molecule has 484 valence electrons. The smallest absolute Gasteiger partial charge is 0.408 e. The number of esters is 4. The van der Waals surface area contributed by atoms with Gasteiger partial charge in [-0.2, -0.15) is 8.42 Å². The summed E-state index contributed by atoms with van der Waals surface area (Å²) in [6, 6.07) is 0.602. The molecule has 2 amide bonds. The highest BCUT2D eigenvalue weighted by atomic mass is 32.2. The second-order valence-electron chi connectivity index (χ2n) is 25.4. The second kappa shape index (κ2) is 35.2. The number of carbonyl (C=O) groups is 8. The number of rotatable bonds is 27. The number of ether oxygens (including phenoxy) is 6. The van der Waals surface area contributed by atoms with Crippen LogP contribution in [-0.4, -0.2) is 143 Å². The number of nitrogens with zero attached hydrogens (tertiary/aromatic N) is 1. The Morgan fingerprint density at radius 2 is 0.845 bits per heavy atom. The highest BCUT2D eigenvalue weighted by Crippen LogP contribution is 2.26. The van der Waals surface area contributed by atoms with Crippen LogP contribution in [0.25, 0.3) is 0 Å². The number of nitrogens with two attached hydrogens (primary N) is 1. The SMILES string of the molecule is CC(C)(C)OC(=O)N[C@@H](C[C@H](CCCOS(=O)(=O)c1ccc([N+](=O)[O-])cc1)C(=O)OC(C)(C)C)C(=O)OC(C)(C)C.CC(C)(C)OC(=O)N[C@@H](C[C@H](CCC[18F])C(=O)OC(C)(C)C)C(=O)OC(C)(C)C.N[C@@H](C[C@H](CCC[18F])C(=O)O)C(=O)O. The van der Waals surface area contributed by atoms with Crippen LogP contribution in [0.3, 0.4) is 0 Å². The molecule has 0 saturated carbocycles. The van der Waals surface area contributed by atoms with Crippen LogP contribution < -0.4 is 16.4 Å². The van der Waals surface area contributed by atoms with Gasteiger partial charge in [0.2, 0.25) is 0 Å². The van der Waals surface area contributed by atoms with Crippen molar-refractivity contribution in [2.45, 2.75) is 239 Å². The highest BCUT2D eigenvalue weighted by molar-refractivity contribution is 7.86. The Balaban J connectivity index is 0. The number of alkyl carbamates (subject to hydrolysis) is 2. The van der Waals surface area contributed by atoms with Crippen LogP contribution in [-0.2, 0) is 71.5 Å². The molecule has 1 aromatic carbocycles. The third-order valence-corrected chi connectivity index (χ3v) is 11.5. The molecular formula is C56H94F2N4O21S. The maximum atomic E-state index is 13.1. The van der Waals surface area contributed by atoms with Gasteiger partial charge in [0.15, 0.2) is 0 Å². The molecule has 0 aliphatic rings. The van der Waals surface area contributed by atoms with Crippen LogP contribution in [0, 0.1) is 27.9 Å². The van der Waals surface area contributed by atoms with Gasteiger partial charge < -0.3 is 55.0 Å². The zero-order valence-electron chi connectivity index (χ0n) is 52.1. The Labute approximate surface area is 493 Å². The van der Waals surface area contributed by atoms with Gasteiger partial charge in [0.05, 0.1) is 47.5 Å². The first-order chi connectivity index (χ1) is 37.9. The average molecular weight is 1230 g/mol. The van der Waals surface area contributed by atoms with Crippen molar-refractivity contribution in [2.24, 2.45) is 23.5 Å². The number of alkyl halides is 2. The van der Waals surface area contributed by atoms with Crippen molar-refractivity contribution in [3.05, 3.63) is 34.4 Å². The molecule has 0 saturated heterocycles. The second-order valence-corrected chi connectivity index (χ2v) is 27.1. The van der Waals surface area contributed by atoms with E-state index in [4.69, 9.17) is 48.6 Å². The third-order valence-electron chi connectivity index (χ3n) is 10.1. The van der Waals surface area contributed by atoms with Crippen molar-refractivity contribution in [3.63, 3.8) is 0 Å². The van der Waals surface area contributed by atoms with E-state index in [2.05, 4.69) is 10.6 Å². The van der Waals surface area contributed by atoms with E-state index in [9.17, 15) is 65.7 Å². The summed E-state index contributed by atoms with van der Waals surface area (Å²) in [5.74, 6) is -7.67. The lowest BCUT2D eigenvalue weighted by molar-refractivity contribution is -0.384. The number of carbonyl (C=O) groups excluding carboxylic acids is 6. The third kappa shape index (κ3) is 39.3. The maximum Gasteiger partial charge on any atom is 0.408 e. The fourth-order valence-electron chi connectivity index (χ4n) is 6.77. The van der Waals surface area contributed by atoms with E-state index >= 15 is 0 Å². The molecule has 28 heteroatoms. The summed E-state index contributed by atoms with van der Waals surface area (Å²) in [5.41, 5.74) is 0.0297. The molecular weight excluding hydrogens is 1130 g/mol. The molecule has 0 aliphatic carbocycles. The Hall–Kier alpha value is -6.29. The maximum absolute atomic E-state index is 13.1. The van der Waals surface area contributed by atoms with E-state index in [1.165, 1.54) is 0 Å². The summed E-state index contributed by atoms with van der Waals surface area (Å²) < 4.78 is 86.8. The van der Waals surface area contributed by atoms with Gasteiger partial charge in [-0.3, -0.25) is 42.3 Å². The van der Waals surface area contributed by atoms with Gasteiger partial charge in [0.1, 0.15) is 51.7 Å². The first-order valence-corrected chi connectivity index (χ1v) is 28.7. The van der Waals surface area contributed by atoms with E-state index in [1.54, 1.807) is 125 Å². The van der Waals surface area contributed by atoms with E-state index < -0.39 is 146 Å². The minimum absolute atomic E-state index is 0.0417. The van der Waals surface area contributed by atoms with Crippen LogP contribution in [0.5, 0.6) is 0 Å². The van der Waals surface area contributed by atoms with Crippen molar-refractivity contribution in [1.29, 1.82) is 0 Å². The molecule has 0 bridgehead atoms. The number of benzene rings is 1. The fraction of sp³-hybridized carbons (Fsp3) is 0.750.